The van der Waals surface area contributed by atoms with E-state index in [0.717, 1.165) is 56.3 Å². The SMILES string of the molecule is C=CCOc1ccccc1CN1CCN(Cc2cccc(C)n2)[C@H](CCO)C1. The summed E-state index contributed by atoms with van der Waals surface area (Å²) in [5, 5.41) is 9.57. The summed E-state index contributed by atoms with van der Waals surface area (Å²) in [6, 6.07) is 14.7. The minimum absolute atomic E-state index is 0.204. The highest BCUT2D eigenvalue weighted by atomic mass is 16.5. The minimum Gasteiger partial charge on any atom is -0.489 e. The lowest BCUT2D eigenvalue weighted by Crippen LogP contribution is -2.52. The van der Waals surface area contributed by atoms with Gasteiger partial charge >= 0.3 is 0 Å². The van der Waals surface area contributed by atoms with Crippen LogP contribution in [-0.2, 0) is 13.1 Å². The van der Waals surface area contributed by atoms with E-state index in [4.69, 9.17) is 4.74 Å². The van der Waals surface area contributed by atoms with Crippen molar-refractivity contribution in [2.75, 3.05) is 32.8 Å². The molecule has 3 rings (SSSR count). The van der Waals surface area contributed by atoms with E-state index in [1.54, 1.807) is 6.08 Å². The van der Waals surface area contributed by atoms with Gasteiger partial charge in [0.15, 0.2) is 0 Å². The molecule has 0 radical (unpaired) electrons. The van der Waals surface area contributed by atoms with Gasteiger partial charge in [-0.25, -0.2) is 0 Å². The third kappa shape index (κ3) is 5.64. The monoisotopic (exact) mass is 381 g/mol. The van der Waals surface area contributed by atoms with E-state index in [1.807, 2.05) is 25.1 Å². The molecule has 5 heteroatoms. The van der Waals surface area contributed by atoms with Crippen LogP contribution in [0.25, 0.3) is 0 Å². The largest absolute Gasteiger partial charge is 0.489 e. The summed E-state index contributed by atoms with van der Waals surface area (Å²) in [7, 11) is 0. The Bertz CT molecular complexity index is 765. The van der Waals surface area contributed by atoms with Gasteiger partial charge in [0.25, 0.3) is 0 Å². The van der Waals surface area contributed by atoms with Crippen molar-refractivity contribution in [2.24, 2.45) is 0 Å². The second-order valence-electron chi connectivity index (χ2n) is 7.35. The van der Waals surface area contributed by atoms with Gasteiger partial charge in [0.05, 0.1) is 5.69 Å². The third-order valence-corrected chi connectivity index (χ3v) is 5.19. The zero-order valence-corrected chi connectivity index (χ0v) is 16.8. The molecule has 1 aliphatic heterocycles. The van der Waals surface area contributed by atoms with E-state index < -0.39 is 0 Å². The number of hydrogen-bond acceptors (Lipinski definition) is 5. The van der Waals surface area contributed by atoms with E-state index in [0.29, 0.717) is 12.6 Å². The molecule has 1 aromatic heterocycles. The van der Waals surface area contributed by atoms with E-state index >= 15 is 0 Å². The maximum Gasteiger partial charge on any atom is 0.124 e. The molecule has 0 amide bonds. The van der Waals surface area contributed by atoms with E-state index in [2.05, 4.69) is 45.6 Å². The topological polar surface area (TPSA) is 48.8 Å². The number of ether oxygens (including phenoxy) is 1. The maximum atomic E-state index is 9.57. The lowest BCUT2D eigenvalue weighted by molar-refractivity contribution is 0.0487. The van der Waals surface area contributed by atoms with Crippen molar-refractivity contribution in [3.8, 4) is 5.75 Å². The summed E-state index contributed by atoms with van der Waals surface area (Å²) in [5.74, 6) is 0.924. The fraction of sp³-hybridized carbons (Fsp3) is 0.435. The number of nitrogens with zero attached hydrogens (tertiary/aromatic N) is 3. The van der Waals surface area contributed by atoms with Crippen LogP contribution in [0.5, 0.6) is 5.75 Å². The fourth-order valence-electron chi connectivity index (χ4n) is 3.79. The molecule has 1 aliphatic rings. The Morgan fingerprint density at radius 2 is 2.04 bits per heavy atom. The molecule has 0 bridgehead atoms. The molecule has 1 fully saturated rings. The number of para-hydroxylation sites is 1. The lowest BCUT2D eigenvalue weighted by Gasteiger charge is -2.41. The average Bonchev–Trinajstić information content (AvgIpc) is 2.69. The zero-order valence-electron chi connectivity index (χ0n) is 16.8. The number of benzene rings is 1. The summed E-state index contributed by atoms with van der Waals surface area (Å²) >= 11 is 0. The van der Waals surface area contributed by atoms with Crippen molar-refractivity contribution in [2.45, 2.75) is 32.5 Å². The molecular weight excluding hydrogens is 350 g/mol. The van der Waals surface area contributed by atoms with Gasteiger partial charge in [0.1, 0.15) is 12.4 Å². The van der Waals surface area contributed by atoms with Gasteiger partial charge in [-0.2, -0.15) is 0 Å². The maximum absolute atomic E-state index is 9.57. The molecule has 2 heterocycles. The number of aryl methyl sites for hydroxylation is 1. The number of aliphatic hydroxyl groups is 1. The minimum atomic E-state index is 0.204. The Morgan fingerprint density at radius 1 is 1.18 bits per heavy atom. The average molecular weight is 382 g/mol. The lowest BCUT2D eigenvalue weighted by atomic mass is 10.1. The highest BCUT2D eigenvalue weighted by Crippen LogP contribution is 2.23. The second kappa shape index (κ2) is 10.4. The normalized spacial score (nSPS) is 18.1. The number of pyridine rings is 1. The first-order valence-corrected chi connectivity index (χ1v) is 10.0. The van der Waals surface area contributed by atoms with Crippen LogP contribution in [-0.4, -0.2) is 58.8 Å². The quantitative estimate of drug-likeness (QED) is 0.677. The van der Waals surface area contributed by atoms with Gasteiger partial charge in [-0.1, -0.05) is 36.9 Å². The molecule has 0 spiro atoms. The predicted octanol–water partition coefficient (Wildman–Crippen LogP) is 3.02. The highest BCUT2D eigenvalue weighted by molar-refractivity contribution is 5.33. The van der Waals surface area contributed by atoms with Crippen LogP contribution < -0.4 is 4.74 Å². The van der Waals surface area contributed by atoms with Crippen molar-refractivity contribution >= 4 is 0 Å². The summed E-state index contributed by atoms with van der Waals surface area (Å²) in [4.78, 5) is 9.55. The standard InChI is InChI=1S/C23H31N3O2/c1-3-15-28-23-10-5-4-8-20(23)16-25-12-13-26(22(18-25)11-14-27)17-21-9-6-7-19(2)24-21/h3-10,22,27H,1,11-18H2,2H3/t22-/m1/s1. The molecule has 5 nitrogen and oxygen atoms in total. The second-order valence-corrected chi connectivity index (χ2v) is 7.35. The Hall–Kier alpha value is -2.21. The highest BCUT2D eigenvalue weighted by Gasteiger charge is 2.27. The fourth-order valence-corrected chi connectivity index (χ4v) is 3.79. The van der Waals surface area contributed by atoms with Crippen LogP contribution in [0.1, 0.15) is 23.4 Å². The third-order valence-electron chi connectivity index (χ3n) is 5.19. The van der Waals surface area contributed by atoms with E-state index in [1.165, 1.54) is 5.56 Å². The Morgan fingerprint density at radius 3 is 2.82 bits per heavy atom. The van der Waals surface area contributed by atoms with Crippen molar-refractivity contribution in [3.63, 3.8) is 0 Å². The molecule has 2 aromatic rings. The Kier molecular flexibility index (Phi) is 7.60. The van der Waals surface area contributed by atoms with Crippen LogP contribution >= 0.6 is 0 Å². The van der Waals surface area contributed by atoms with Crippen LogP contribution in [0.2, 0.25) is 0 Å². The molecule has 150 valence electrons. The van der Waals surface area contributed by atoms with Crippen molar-refractivity contribution in [3.05, 3.63) is 72.1 Å². The van der Waals surface area contributed by atoms with Crippen LogP contribution in [0.3, 0.4) is 0 Å². The summed E-state index contributed by atoms with van der Waals surface area (Å²) in [6.07, 6.45) is 2.54. The molecule has 1 atom stereocenters. The van der Waals surface area contributed by atoms with Gasteiger partial charge < -0.3 is 9.84 Å². The molecule has 1 saturated heterocycles. The van der Waals surface area contributed by atoms with Gasteiger partial charge in [0.2, 0.25) is 0 Å². The molecule has 1 N–H and O–H groups in total. The van der Waals surface area contributed by atoms with Crippen LogP contribution in [0.15, 0.2) is 55.1 Å². The van der Waals surface area contributed by atoms with Crippen molar-refractivity contribution in [1.82, 2.24) is 14.8 Å². The van der Waals surface area contributed by atoms with Crippen molar-refractivity contribution < 1.29 is 9.84 Å². The number of aliphatic hydroxyl groups excluding tert-OH is 1. The molecular formula is C23H31N3O2. The van der Waals surface area contributed by atoms with Crippen molar-refractivity contribution in [1.29, 1.82) is 0 Å². The molecule has 0 saturated carbocycles. The molecule has 28 heavy (non-hydrogen) atoms. The first-order chi connectivity index (χ1) is 13.7. The smallest absolute Gasteiger partial charge is 0.124 e. The number of aromatic nitrogens is 1. The molecule has 1 aromatic carbocycles. The summed E-state index contributed by atoms with van der Waals surface area (Å²) < 4.78 is 5.81. The number of rotatable bonds is 9. The van der Waals surface area contributed by atoms with Gasteiger partial charge in [-0.15, -0.1) is 0 Å². The Balaban J connectivity index is 1.64. The number of hydrogen-bond donors (Lipinski definition) is 1. The van der Waals surface area contributed by atoms with Gasteiger partial charge in [-0.05, 0) is 31.5 Å². The first kappa shape index (κ1) is 20.5. The first-order valence-electron chi connectivity index (χ1n) is 10.0. The van der Waals surface area contributed by atoms with Gasteiger partial charge in [-0.3, -0.25) is 14.8 Å². The number of piperazine rings is 1. The zero-order chi connectivity index (χ0) is 19.8. The summed E-state index contributed by atoms with van der Waals surface area (Å²) in [5.41, 5.74) is 3.34. The Labute approximate surface area is 168 Å². The van der Waals surface area contributed by atoms with E-state index in [9.17, 15) is 5.11 Å². The van der Waals surface area contributed by atoms with Gasteiger partial charge in [0, 0.05) is 56.6 Å². The van der Waals surface area contributed by atoms with E-state index in [-0.39, 0.29) is 6.61 Å². The van der Waals surface area contributed by atoms with Crippen LogP contribution in [0, 0.1) is 6.92 Å². The predicted molar refractivity (Wildman–Crippen MR) is 112 cm³/mol. The van der Waals surface area contributed by atoms with Crippen LogP contribution in [0.4, 0.5) is 0 Å². The molecule has 0 unspecified atom stereocenters. The molecule has 0 aliphatic carbocycles. The summed E-state index contributed by atoms with van der Waals surface area (Å²) in [6.45, 7) is 11.1.